The summed E-state index contributed by atoms with van der Waals surface area (Å²) >= 11 is 0. The van der Waals surface area contributed by atoms with Gasteiger partial charge in [0.15, 0.2) is 0 Å². The van der Waals surface area contributed by atoms with Crippen LogP contribution in [0.3, 0.4) is 0 Å². The van der Waals surface area contributed by atoms with Crippen molar-refractivity contribution in [3.63, 3.8) is 0 Å². The van der Waals surface area contributed by atoms with Gasteiger partial charge in [-0.15, -0.1) is 0 Å². The van der Waals surface area contributed by atoms with Crippen LogP contribution in [0.2, 0.25) is 0 Å². The van der Waals surface area contributed by atoms with Gasteiger partial charge < -0.3 is 9.84 Å². The molecule has 0 aromatic carbocycles. The Labute approximate surface area is 135 Å². The highest BCUT2D eigenvalue weighted by Crippen LogP contribution is 2.19. The van der Waals surface area contributed by atoms with Gasteiger partial charge in [0, 0.05) is 44.0 Å². The molecule has 0 unspecified atom stereocenters. The number of nitrogens with zero attached hydrogens (tertiary/aromatic N) is 4. The van der Waals surface area contributed by atoms with Crippen LogP contribution in [-0.4, -0.2) is 44.9 Å². The monoisotopic (exact) mass is 317 g/mol. The van der Waals surface area contributed by atoms with Crippen LogP contribution in [0.4, 0.5) is 0 Å². The number of hydrogen-bond donors (Lipinski definition) is 1. The van der Waals surface area contributed by atoms with Crippen molar-refractivity contribution in [1.82, 2.24) is 25.2 Å². The normalized spacial score (nSPS) is 18.5. The summed E-state index contributed by atoms with van der Waals surface area (Å²) in [5.74, 6) is 0.829. The van der Waals surface area contributed by atoms with Crippen LogP contribution in [0.5, 0.6) is 0 Å². The highest BCUT2D eigenvalue weighted by atomic mass is 16.5. The predicted molar refractivity (Wildman–Crippen MR) is 85.0 cm³/mol. The molecule has 1 N–H and O–H groups in total. The summed E-state index contributed by atoms with van der Waals surface area (Å²) in [6, 6.07) is 1.93. The summed E-state index contributed by atoms with van der Waals surface area (Å²) in [5, 5.41) is 11.3. The minimum absolute atomic E-state index is 0.0476. The van der Waals surface area contributed by atoms with E-state index in [0.29, 0.717) is 12.2 Å². The first-order chi connectivity index (χ1) is 11.1. The Balaban J connectivity index is 1.57. The molecule has 1 aliphatic heterocycles. The van der Waals surface area contributed by atoms with Crippen LogP contribution in [0.1, 0.15) is 40.9 Å². The minimum Gasteiger partial charge on any atom is -0.361 e. The summed E-state index contributed by atoms with van der Waals surface area (Å²) < 4.78 is 6.93. The van der Waals surface area contributed by atoms with E-state index in [4.69, 9.17) is 4.52 Å². The van der Waals surface area contributed by atoms with Gasteiger partial charge in [0.25, 0.3) is 5.91 Å². The van der Waals surface area contributed by atoms with Crippen molar-refractivity contribution in [2.75, 3.05) is 13.1 Å². The standard InChI is InChI=1S/C16H23N5O2/c1-4-21-15(5-7-17-21)16(22)18-13-6-8-20(9-13)10-14-11(2)19-23-12(14)3/h5,7,13H,4,6,8-10H2,1-3H3,(H,18,22)/t13-/m1/s1. The molecule has 1 atom stereocenters. The summed E-state index contributed by atoms with van der Waals surface area (Å²) in [6.45, 7) is 9.20. The second kappa shape index (κ2) is 6.54. The smallest absolute Gasteiger partial charge is 0.269 e. The van der Waals surface area contributed by atoms with Gasteiger partial charge in [-0.05, 0) is 33.3 Å². The molecule has 23 heavy (non-hydrogen) atoms. The van der Waals surface area contributed by atoms with Gasteiger partial charge in [0.2, 0.25) is 0 Å². The fraction of sp³-hybridized carbons (Fsp3) is 0.562. The second-order valence-corrected chi connectivity index (χ2v) is 6.03. The van der Waals surface area contributed by atoms with E-state index in [2.05, 4.69) is 20.5 Å². The molecule has 0 spiro atoms. The summed E-state index contributed by atoms with van der Waals surface area (Å²) in [4.78, 5) is 14.7. The van der Waals surface area contributed by atoms with Gasteiger partial charge in [-0.3, -0.25) is 14.4 Å². The number of nitrogens with one attached hydrogen (secondary N) is 1. The SMILES string of the molecule is CCn1nccc1C(=O)N[C@@H]1CCN(Cc2c(C)noc2C)C1. The number of likely N-dealkylation sites (tertiary alicyclic amines) is 1. The zero-order valence-corrected chi connectivity index (χ0v) is 13.9. The van der Waals surface area contributed by atoms with Crippen LogP contribution in [-0.2, 0) is 13.1 Å². The number of amides is 1. The first-order valence-electron chi connectivity index (χ1n) is 8.05. The molecule has 3 rings (SSSR count). The fourth-order valence-corrected chi connectivity index (χ4v) is 3.08. The van der Waals surface area contributed by atoms with E-state index in [1.54, 1.807) is 16.9 Å². The van der Waals surface area contributed by atoms with Crippen molar-refractivity contribution >= 4 is 5.91 Å². The second-order valence-electron chi connectivity index (χ2n) is 6.03. The first-order valence-corrected chi connectivity index (χ1v) is 8.05. The maximum Gasteiger partial charge on any atom is 0.269 e. The van der Waals surface area contributed by atoms with Gasteiger partial charge in [0.1, 0.15) is 11.5 Å². The Hall–Kier alpha value is -2.15. The van der Waals surface area contributed by atoms with Crippen LogP contribution in [0.25, 0.3) is 0 Å². The largest absolute Gasteiger partial charge is 0.361 e. The van der Waals surface area contributed by atoms with Gasteiger partial charge >= 0.3 is 0 Å². The zero-order valence-electron chi connectivity index (χ0n) is 13.9. The molecular weight excluding hydrogens is 294 g/mol. The molecule has 0 saturated carbocycles. The zero-order chi connectivity index (χ0) is 16.4. The third kappa shape index (κ3) is 3.29. The van der Waals surface area contributed by atoms with Gasteiger partial charge in [0.05, 0.1) is 5.69 Å². The van der Waals surface area contributed by atoms with E-state index in [-0.39, 0.29) is 11.9 Å². The van der Waals surface area contributed by atoms with E-state index < -0.39 is 0 Å². The first kappa shape index (κ1) is 15.7. The number of carbonyl (C=O) groups excluding carboxylic acids is 1. The number of aromatic nitrogens is 3. The van der Waals surface area contributed by atoms with E-state index in [9.17, 15) is 4.79 Å². The van der Waals surface area contributed by atoms with Crippen molar-refractivity contribution in [3.05, 3.63) is 35.0 Å². The molecule has 7 nitrogen and oxygen atoms in total. The van der Waals surface area contributed by atoms with Crippen LogP contribution in [0.15, 0.2) is 16.8 Å². The Morgan fingerprint density at radius 1 is 1.48 bits per heavy atom. The molecule has 1 saturated heterocycles. The lowest BCUT2D eigenvalue weighted by Crippen LogP contribution is -2.38. The topological polar surface area (TPSA) is 76.2 Å². The van der Waals surface area contributed by atoms with Gasteiger partial charge in [-0.2, -0.15) is 5.10 Å². The van der Waals surface area contributed by atoms with E-state index in [1.807, 2.05) is 20.8 Å². The molecule has 0 bridgehead atoms. The van der Waals surface area contributed by atoms with Gasteiger partial charge in [-0.25, -0.2) is 0 Å². The lowest BCUT2D eigenvalue weighted by molar-refractivity contribution is 0.0927. The molecule has 0 aliphatic carbocycles. The summed E-state index contributed by atoms with van der Waals surface area (Å²) in [7, 11) is 0. The lowest BCUT2D eigenvalue weighted by Gasteiger charge is -2.16. The quantitative estimate of drug-likeness (QED) is 0.904. The molecular formula is C16H23N5O2. The Bertz CT molecular complexity index is 671. The highest BCUT2D eigenvalue weighted by Gasteiger charge is 2.26. The average molecular weight is 317 g/mol. The molecule has 1 aliphatic rings. The van der Waals surface area contributed by atoms with Crippen molar-refractivity contribution in [2.45, 2.75) is 46.3 Å². The minimum atomic E-state index is -0.0476. The summed E-state index contributed by atoms with van der Waals surface area (Å²) in [6.07, 6.45) is 2.62. The third-order valence-corrected chi connectivity index (χ3v) is 4.42. The summed E-state index contributed by atoms with van der Waals surface area (Å²) in [5.41, 5.74) is 2.72. The number of carbonyl (C=O) groups is 1. The average Bonchev–Trinajstić information content (AvgIpc) is 3.24. The van der Waals surface area contributed by atoms with Crippen molar-refractivity contribution in [1.29, 1.82) is 0 Å². The molecule has 1 fully saturated rings. The van der Waals surface area contributed by atoms with E-state index in [1.165, 1.54) is 0 Å². The molecule has 124 valence electrons. The molecule has 7 heteroatoms. The van der Waals surface area contributed by atoms with Gasteiger partial charge in [-0.1, -0.05) is 5.16 Å². The number of rotatable bonds is 5. The predicted octanol–water partition coefficient (Wildman–Crippen LogP) is 1.51. The van der Waals surface area contributed by atoms with Crippen molar-refractivity contribution in [3.8, 4) is 0 Å². The molecule has 3 heterocycles. The number of hydrogen-bond acceptors (Lipinski definition) is 5. The third-order valence-electron chi connectivity index (χ3n) is 4.42. The van der Waals surface area contributed by atoms with Crippen LogP contribution >= 0.6 is 0 Å². The molecule has 1 amide bonds. The maximum absolute atomic E-state index is 12.4. The molecule has 2 aromatic heterocycles. The Morgan fingerprint density at radius 3 is 3.00 bits per heavy atom. The van der Waals surface area contributed by atoms with Crippen molar-refractivity contribution in [2.24, 2.45) is 0 Å². The maximum atomic E-state index is 12.4. The number of aryl methyl sites for hydroxylation is 3. The highest BCUT2D eigenvalue weighted by molar-refractivity contribution is 5.92. The lowest BCUT2D eigenvalue weighted by atomic mass is 10.2. The molecule has 0 radical (unpaired) electrons. The van der Waals surface area contributed by atoms with Crippen LogP contribution < -0.4 is 5.32 Å². The van der Waals surface area contributed by atoms with Crippen LogP contribution in [0, 0.1) is 13.8 Å². The van der Waals surface area contributed by atoms with E-state index >= 15 is 0 Å². The Morgan fingerprint density at radius 2 is 2.30 bits per heavy atom. The Kier molecular flexibility index (Phi) is 4.47. The van der Waals surface area contributed by atoms with E-state index in [0.717, 1.165) is 43.1 Å². The molecule has 2 aromatic rings. The fourth-order valence-electron chi connectivity index (χ4n) is 3.08. The van der Waals surface area contributed by atoms with Crippen molar-refractivity contribution < 1.29 is 9.32 Å².